The lowest BCUT2D eigenvalue weighted by molar-refractivity contribution is -0.254. The number of ether oxygens (including phenoxy) is 2. The first-order chi connectivity index (χ1) is 10.8. The second-order valence-electron chi connectivity index (χ2n) is 9.04. The van der Waals surface area contributed by atoms with Crippen LogP contribution in [0, 0.1) is 29.6 Å². The molecule has 0 aromatic carbocycles. The monoisotopic (exact) mass is 321 g/mol. The van der Waals surface area contributed by atoms with Crippen LogP contribution in [0.3, 0.4) is 0 Å². The fourth-order valence-corrected chi connectivity index (χ4v) is 6.00. The third-order valence-corrected chi connectivity index (χ3v) is 6.95. The quantitative estimate of drug-likeness (QED) is 0.782. The fourth-order valence-electron chi connectivity index (χ4n) is 6.00. The van der Waals surface area contributed by atoms with Crippen molar-refractivity contribution in [1.29, 1.82) is 0 Å². The molecule has 4 nitrogen and oxygen atoms in total. The summed E-state index contributed by atoms with van der Waals surface area (Å²) in [5.74, 6) is 1.74. The average Bonchev–Trinajstić information content (AvgIpc) is 2.70. The summed E-state index contributed by atoms with van der Waals surface area (Å²) in [5.41, 5.74) is -0.271. The van der Waals surface area contributed by atoms with Crippen LogP contribution in [0.15, 0.2) is 0 Å². The molecule has 23 heavy (non-hydrogen) atoms. The highest BCUT2D eigenvalue weighted by Gasteiger charge is 2.72. The van der Waals surface area contributed by atoms with E-state index in [0.29, 0.717) is 23.7 Å². The van der Waals surface area contributed by atoms with E-state index in [9.17, 15) is 4.79 Å². The van der Waals surface area contributed by atoms with Gasteiger partial charge in [-0.25, -0.2) is 0 Å². The number of fused-ring (bicyclic) bond motifs is 1. The molecule has 130 valence electrons. The average molecular weight is 321 g/mol. The molecule has 0 aromatic heterocycles. The Kier molecular flexibility index (Phi) is 3.42. The largest absolute Gasteiger partial charge is 0.338 e. The smallest absolute Gasteiger partial charge is 0.227 e. The van der Waals surface area contributed by atoms with Crippen molar-refractivity contribution in [2.45, 2.75) is 77.9 Å². The van der Waals surface area contributed by atoms with E-state index in [0.717, 1.165) is 19.4 Å². The zero-order valence-electron chi connectivity index (χ0n) is 15.2. The molecule has 0 radical (unpaired) electrons. The third-order valence-electron chi connectivity index (χ3n) is 6.95. The second-order valence-corrected chi connectivity index (χ2v) is 9.04. The van der Waals surface area contributed by atoms with Crippen molar-refractivity contribution in [2.24, 2.45) is 29.6 Å². The number of rotatable bonds is 2. The van der Waals surface area contributed by atoms with E-state index in [1.54, 1.807) is 0 Å². The van der Waals surface area contributed by atoms with E-state index in [-0.39, 0.29) is 23.7 Å². The minimum absolute atomic E-state index is 0.0454. The van der Waals surface area contributed by atoms with Gasteiger partial charge in [-0.3, -0.25) is 4.79 Å². The molecule has 3 aliphatic heterocycles. The van der Waals surface area contributed by atoms with Gasteiger partial charge < -0.3 is 14.4 Å². The van der Waals surface area contributed by atoms with Gasteiger partial charge in [0.1, 0.15) is 5.60 Å². The highest BCUT2D eigenvalue weighted by atomic mass is 16.8. The van der Waals surface area contributed by atoms with E-state index in [2.05, 4.69) is 34.6 Å². The van der Waals surface area contributed by atoms with Crippen LogP contribution in [0.4, 0.5) is 0 Å². The summed E-state index contributed by atoms with van der Waals surface area (Å²) in [6.45, 7) is 11.7. The van der Waals surface area contributed by atoms with Crippen LogP contribution in [0.5, 0.6) is 0 Å². The molecule has 0 aromatic rings. The van der Waals surface area contributed by atoms with Gasteiger partial charge in [-0.1, -0.05) is 27.7 Å². The molecule has 4 rings (SSSR count). The number of hydrogen-bond acceptors (Lipinski definition) is 3. The Morgan fingerprint density at radius 3 is 2.65 bits per heavy atom. The molecule has 3 heterocycles. The summed E-state index contributed by atoms with van der Waals surface area (Å²) < 4.78 is 13.2. The first kappa shape index (κ1) is 15.9. The van der Waals surface area contributed by atoms with Crippen LogP contribution in [0.2, 0.25) is 0 Å². The fraction of sp³-hybridized carbons (Fsp3) is 0.947. The minimum Gasteiger partial charge on any atom is -0.338 e. The summed E-state index contributed by atoms with van der Waals surface area (Å²) >= 11 is 0. The van der Waals surface area contributed by atoms with Gasteiger partial charge in [-0.2, -0.15) is 0 Å². The Labute approximate surface area is 139 Å². The molecule has 1 saturated carbocycles. The van der Waals surface area contributed by atoms with Crippen molar-refractivity contribution in [3.63, 3.8) is 0 Å². The number of amides is 1. The number of hydrogen-bond donors (Lipinski definition) is 0. The topological polar surface area (TPSA) is 38.8 Å². The molecule has 1 spiro atoms. The van der Waals surface area contributed by atoms with Crippen LogP contribution in [0.25, 0.3) is 0 Å². The van der Waals surface area contributed by atoms with Gasteiger partial charge in [0, 0.05) is 24.8 Å². The summed E-state index contributed by atoms with van der Waals surface area (Å²) in [7, 11) is 0. The summed E-state index contributed by atoms with van der Waals surface area (Å²) in [6, 6.07) is 0. The van der Waals surface area contributed by atoms with Gasteiger partial charge in [0.2, 0.25) is 5.91 Å². The minimum atomic E-state index is -0.504. The van der Waals surface area contributed by atoms with Gasteiger partial charge in [0.05, 0.1) is 0 Å². The van der Waals surface area contributed by atoms with E-state index in [4.69, 9.17) is 9.47 Å². The Morgan fingerprint density at radius 1 is 1.22 bits per heavy atom. The molecule has 4 aliphatic rings. The molecule has 4 heteroatoms. The molecule has 1 aliphatic carbocycles. The number of likely N-dealkylation sites (tertiary alicyclic amines) is 1. The molecule has 2 bridgehead atoms. The Balaban J connectivity index is 1.82. The van der Waals surface area contributed by atoms with Gasteiger partial charge in [-0.15, -0.1) is 0 Å². The zero-order valence-corrected chi connectivity index (χ0v) is 15.2. The number of carbonyl (C=O) groups excluding carboxylic acids is 1. The maximum absolute atomic E-state index is 13.1. The lowest BCUT2D eigenvalue weighted by Crippen LogP contribution is -2.70. The van der Waals surface area contributed by atoms with Crippen molar-refractivity contribution < 1.29 is 14.3 Å². The molecular weight excluding hydrogens is 290 g/mol. The molecule has 7 atom stereocenters. The second kappa shape index (κ2) is 4.95. The first-order valence-electron chi connectivity index (χ1n) is 9.47. The van der Waals surface area contributed by atoms with E-state index >= 15 is 0 Å². The number of carbonyl (C=O) groups is 1. The lowest BCUT2D eigenvalue weighted by atomic mass is 9.56. The summed E-state index contributed by atoms with van der Waals surface area (Å²) in [4.78, 5) is 15.1. The predicted molar refractivity (Wildman–Crippen MR) is 87.4 cm³/mol. The Bertz CT molecular complexity index is 521. The zero-order chi connectivity index (χ0) is 16.6. The highest BCUT2D eigenvalue weighted by molar-refractivity contribution is 5.80. The number of nitrogens with zero attached hydrogens (tertiary/aromatic N) is 1. The first-order valence-corrected chi connectivity index (χ1v) is 9.47. The molecular formula is C19H31NO3. The van der Waals surface area contributed by atoms with Gasteiger partial charge >= 0.3 is 0 Å². The maximum atomic E-state index is 13.1. The van der Waals surface area contributed by atoms with E-state index < -0.39 is 5.79 Å². The number of piperidine rings is 1. The van der Waals surface area contributed by atoms with Crippen molar-refractivity contribution in [3.8, 4) is 0 Å². The maximum Gasteiger partial charge on any atom is 0.227 e. The summed E-state index contributed by atoms with van der Waals surface area (Å²) in [6.07, 6.45) is 4.24. The van der Waals surface area contributed by atoms with Crippen LogP contribution in [-0.4, -0.2) is 35.0 Å². The molecule has 3 saturated heterocycles. The van der Waals surface area contributed by atoms with Crippen LogP contribution in [-0.2, 0) is 14.3 Å². The lowest BCUT2D eigenvalue weighted by Gasteiger charge is -2.59. The Hall–Kier alpha value is -0.610. The van der Waals surface area contributed by atoms with Gasteiger partial charge in [0.15, 0.2) is 12.0 Å². The third kappa shape index (κ3) is 2.00. The standard InChI is InChI=1S/C19H31NO3/c1-11(2)10-20-16(21)13(4)15-7-6-12(3)14-8-9-18(5)22-17(20)19(14,15)23-18/h11-15,17H,6-10H2,1-5H3/t12-,13-,14+,15?,17-,18-,19-/m1/s1. The van der Waals surface area contributed by atoms with Crippen molar-refractivity contribution >= 4 is 5.91 Å². The Morgan fingerprint density at radius 2 is 1.96 bits per heavy atom. The predicted octanol–water partition coefficient (Wildman–Crippen LogP) is 3.40. The van der Waals surface area contributed by atoms with Crippen molar-refractivity contribution in [1.82, 2.24) is 4.90 Å². The molecule has 0 N–H and O–H groups in total. The normalized spacial score (nSPS) is 52.0. The SMILES string of the molecule is CC(C)CN1C(=O)[C@H](C)C2CC[C@@H](C)[C@@H]3CC[C@]4(C)O[C@@H]1[C@]23O4. The van der Waals surface area contributed by atoms with Gasteiger partial charge in [0.25, 0.3) is 0 Å². The molecule has 1 unspecified atom stereocenters. The highest BCUT2D eigenvalue weighted by Crippen LogP contribution is 2.63. The molecule has 1 amide bonds. The van der Waals surface area contributed by atoms with E-state index in [1.165, 1.54) is 12.8 Å². The summed E-state index contributed by atoms with van der Waals surface area (Å²) in [5, 5.41) is 0. The van der Waals surface area contributed by atoms with Crippen molar-refractivity contribution in [2.75, 3.05) is 6.54 Å². The van der Waals surface area contributed by atoms with Crippen LogP contribution in [0.1, 0.15) is 60.3 Å². The van der Waals surface area contributed by atoms with Gasteiger partial charge in [-0.05, 0) is 43.9 Å². The molecule has 4 fully saturated rings. The van der Waals surface area contributed by atoms with Crippen LogP contribution >= 0.6 is 0 Å². The van der Waals surface area contributed by atoms with E-state index in [1.807, 2.05) is 4.90 Å². The van der Waals surface area contributed by atoms with Crippen molar-refractivity contribution in [3.05, 3.63) is 0 Å². The van der Waals surface area contributed by atoms with Crippen LogP contribution < -0.4 is 0 Å².